The van der Waals surface area contributed by atoms with Crippen molar-refractivity contribution >= 4 is 27.7 Å². The van der Waals surface area contributed by atoms with E-state index in [-0.39, 0.29) is 17.2 Å². The monoisotopic (exact) mass is 659 g/mol. The van der Waals surface area contributed by atoms with Crippen LogP contribution in [-0.4, -0.2) is 80.0 Å². The number of methoxy groups -OCH3 is 2. The van der Waals surface area contributed by atoms with E-state index >= 15 is 0 Å². The molecule has 3 aliphatic rings. The van der Waals surface area contributed by atoms with Crippen molar-refractivity contribution in [3.63, 3.8) is 0 Å². The molecular weight excluding hydrogens is 618 g/mol. The Morgan fingerprint density at radius 1 is 0.864 bits per heavy atom. The van der Waals surface area contributed by atoms with Gasteiger partial charge in [0.1, 0.15) is 0 Å². The summed E-state index contributed by atoms with van der Waals surface area (Å²) in [6.45, 7) is 5.78. The van der Waals surface area contributed by atoms with Crippen molar-refractivity contribution in [2.75, 3.05) is 53.5 Å². The molecule has 44 heavy (non-hydrogen) atoms. The first-order chi connectivity index (χ1) is 21.4. The zero-order valence-electron chi connectivity index (χ0n) is 25.7. The van der Waals surface area contributed by atoms with Crippen LogP contribution in [0.2, 0.25) is 0 Å². The van der Waals surface area contributed by atoms with E-state index in [1.165, 1.54) is 11.1 Å². The number of hydrogen-bond acceptors (Lipinski definition) is 5. The molecule has 6 rings (SSSR count). The number of nitrogens with zero attached hydrogens (tertiary/aromatic N) is 3. The van der Waals surface area contributed by atoms with E-state index in [0.717, 1.165) is 68.6 Å². The predicted octanol–water partition coefficient (Wildman–Crippen LogP) is 5.77. The molecule has 0 saturated carbocycles. The van der Waals surface area contributed by atoms with Gasteiger partial charge in [0, 0.05) is 43.1 Å². The highest BCUT2D eigenvalue weighted by atomic mass is 79.9. The smallest absolute Gasteiger partial charge is 0.229 e. The molecular formula is C36H42BrN3O4. The highest BCUT2D eigenvalue weighted by Crippen LogP contribution is 2.43. The lowest BCUT2D eigenvalue weighted by atomic mass is 9.76. The second-order valence-corrected chi connectivity index (χ2v) is 13.5. The summed E-state index contributed by atoms with van der Waals surface area (Å²) < 4.78 is 11.9. The van der Waals surface area contributed by atoms with Crippen molar-refractivity contribution in [2.24, 2.45) is 11.3 Å². The van der Waals surface area contributed by atoms with Crippen LogP contribution in [0.25, 0.3) is 0 Å². The van der Waals surface area contributed by atoms with Gasteiger partial charge in [-0.05, 0) is 79.2 Å². The normalized spacial score (nSPS) is 21.7. The molecule has 3 fully saturated rings. The Kier molecular flexibility index (Phi) is 9.29. The zero-order valence-corrected chi connectivity index (χ0v) is 27.3. The van der Waals surface area contributed by atoms with Crippen molar-refractivity contribution in [1.29, 1.82) is 0 Å². The van der Waals surface area contributed by atoms with Crippen LogP contribution in [-0.2, 0) is 22.6 Å². The molecule has 7 nitrogen and oxygen atoms in total. The fourth-order valence-electron chi connectivity index (χ4n) is 7.43. The van der Waals surface area contributed by atoms with Gasteiger partial charge in [-0.25, -0.2) is 0 Å². The third kappa shape index (κ3) is 6.52. The van der Waals surface area contributed by atoms with Gasteiger partial charge in [-0.2, -0.15) is 0 Å². The van der Waals surface area contributed by atoms with Crippen LogP contribution in [0.4, 0.5) is 0 Å². The van der Waals surface area contributed by atoms with Crippen LogP contribution >= 0.6 is 15.9 Å². The van der Waals surface area contributed by atoms with Crippen molar-refractivity contribution in [2.45, 2.75) is 38.1 Å². The Hall–Kier alpha value is -3.36. The summed E-state index contributed by atoms with van der Waals surface area (Å²) in [7, 11) is 3.23. The van der Waals surface area contributed by atoms with Gasteiger partial charge in [-0.15, -0.1) is 0 Å². The van der Waals surface area contributed by atoms with Gasteiger partial charge in [-0.1, -0.05) is 64.5 Å². The Bertz CT molecular complexity index is 1460. The Labute approximate surface area is 269 Å². The molecule has 3 aromatic rings. The highest BCUT2D eigenvalue weighted by Gasteiger charge is 2.48. The number of halogens is 1. The number of piperidine rings is 1. The first kappa shape index (κ1) is 30.7. The SMILES string of the molecule is COc1ccc(CC(=O)N2C[C@H](CN3CCC4(CC3)CCN(Cc3ccc(Br)cc3)C4=O)[C@@H](c3ccccc3)C2)cc1OC. The topological polar surface area (TPSA) is 62.3 Å². The van der Waals surface area contributed by atoms with Gasteiger partial charge in [0.15, 0.2) is 11.5 Å². The summed E-state index contributed by atoms with van der Waals surface area (Å²) in [5.74, 6) is 2.40. The molecule has 0 unspecified atom stereocenters. The summed E-state index contributed by atoms with van der Waals surface area (Å²) in [4.78, 5) is 33.8. The largest absolute Gasteiger partial charge is 0.493 e. The van der Waals surface area contributed by atoms with Gasteiger partial charge >= 0.3 is 0 Å². The minimum Gasteiger partial charge on any atom is -0.493 e. The number of likely N-dealkylation sites (tertiary alicyclic amines) is 3. The van der Waals surface area contributed by atoms with Crippen LogP contribution in [0.5, 0.6) is 11.5 Å². The molecule has 1 spiro atoms. The third-order valence-electron chi connectivity index (χ3n) is 10.0. The van der Waals surface area contributed by atoms with Gasteiger partial charge in [0.25, 0.3) is 0 Å². The molecule has 0 aromatic heterocycles. The summed E-state index contributed by atoms with van der Waals surface area (Å²) in [6, 6.07) is 24.6. The molecule has 3 heterocycles. The molecule has 0 N–H and O–H groups in total. The lowest BCUT2D eigenvalue weighted by Crippen LogP contribution is -2.46. The minimum atomic E-state index is -0.220. The number of ether oxygens (including phenoxy) is 2. The van der Waals surface area contributed by atoms with Gasteiger partial charge in [0.2, 0.25) is 11.8 Å². The third-order valence-corrected chi connectivity index (χ3v) is 10.5. The molecule has 2 atom stereocenters. The molecule has 8 heteroatoms. The average Bonchev–Trinajstić information content (AvgIpc) is 3.61. The highest BCUT2D eigenvalue weighted by molar-refractivity contribution is 9.10. The van der Waals surface area contributed by atoms with E-state index in [4.69, 9.17) is 9.47 Å². The lowest BCUT2D eigenvalue weighted by molar-refractivity contribution is -0.139. The number of rotatable bonds is 9. The van der Waals surface area contributed by atoms with E-state index in [9.17, 15) is 9.59 Å². The minimum absolute atomic E-state index is 0.140. The van der Waals surface area contributed by atoms with Crippen molar-refractivity contribution < 1.29 is 19.1 Å². The number of amides is 2. The maximum Gasteiger partial charge on any atom is 0.229 e. The fourth-order valence-corrected chi connectivity index (χ4v) is 7.69. The van der Waals surface area contributed by atoms with Crippen molar-refractivity contribution in [3.8, 4) is 11.5 Å². The van der Waals surface area contributed by atoms with E-state index < -0.39 is 0 Å². The van der Waals surface area contributed by atoms with E-state index in [1.54, 1.807) is 14.2 Å². The fraction of sp³-hybridized carbons (Fsp3) is 0.444. The van der Waals surface area contributed by atoms with Gasteiger partial charge in [-0.3, -0.25) is 9.59 Å². The van der Waals surface area contributed by atoms with Crippen molar-refractivity contribution in [1.82, 2.24) is 14.7 Å². The predicted molar refractivity (Wildman–Crippen MR) is 175 cm³/mol. The summed E-state index contributed by atoms with van der Waals surface area (Å²) in [5.41, 5.74) is 3.17. The summed E-state index contributed by atoms with van der Waals surface area (Å²) >= 11 is 3.50. The maximum atomic E-state index is 13.6. The Balaban J connectivity index is 1.09. The first-order valence-corrected chi connectivity index (χ1v) is 16.5. The summed E-state index contributed by atoms with van der Waals surface area (Å²) in [5, 5.41) is 0. The number of benzene rings is 3. The van der Waals surface area contributed by atoms with Gasteiger partial charge < -0.3 is 24.2 Å². The van der Waals surface area contributed by atoms with E-state index in [1.807, 2.05) is 35.2 Å². The van der Waals surface area contributed by atoms with Crippen LogP contribution in [0.15, 0.2) is 77.3 Å². The number of hydrogen-bond donors (Lipinski definition) is 0. The number of carbonyl (C=O) groups excluding carboxylic acids is 2. The zero-order chi connectivity index (χ0) is 30.7. The molecule has 3 aromatic carbocycles. The number of carbonyl (C=O) groups is 2. The second-order valence-electron chi connectivity index (χ2n) is 12.6. The van der Waals surface area contributed by atoms with Crippen LogP contribution in [0.3, 0.4) is 0 Å². The van der Waals surface area contributed by atoms with E-state index in [0.29, 0.717) is 36.3 Å². The van der Waals surface area contributed by atoms with Crippen molar-refractivity contribution in [3.05, 3.63) is 94.0 Å². The molecule has 3 saturated heterocycles. The van der Waals surface area contributed by atoms with Crippen LogP contribution < -0.4 is 9.47 Å². The summed E-state index contributed by atoms with van der Waals surface area (Å²) in [6.07, 6.45) is 3.10. The second kappa shape index (κ2) is 13.3. The Morgan fingerprint density at radius 3 is 2.25 bits per heavy atom. The maximum absolute atomic E-state index is 13.6. The quantitative estimate of drug-likeness (QED) is 0.292. The van der Waals surface area contributed by atoms with Gasteiger partial charge in [0.05, 0.1) is 26.1 Å². The van der Waals surface area contributed by atoms with E-state index in [2.05, 4.69) is 68.2 Å². The molecule has 3 aliphatic heterocycles. The molecule has 232 valence electrons. The van der Waals surface area contributed by atoms with Crippen LogP contribution in [0.1, 0.15) is 41.9 Å². The Morgan fingerprint density at radius 2 is 1.55 bits per heavy atom. The molecule has 2 amide bonds. The average molecular weight is 661 g/mol. The molecule has 0 bridgehead atoms. The lowest BCUT2D eigenvalue weighted by Gasteiger charge is -2.39. The molecule has 0 aliphatic carbocycles. The molecule has 0 radical (unpaired) electrons. The standard InChI is InChI=1S/C36H42BrN3O4/c1-43-32-13-10-27(20-33(32)44-2)21-34(41)40-24-29(31(25-40)28-6-4-3-5-7-28)23-38-17-14-36(15-18-38)16-19-39(35(36)42)22-26-8-11-30(37)12-9-26/h3-13,20,29,31H,14-19,21-25H2,1-2H3/t29-,31+/m0/s1. The first-order valence-electron chi connectivity index (χ1n) is 15.7. The van der Waals surface area contributed by atoms with Crippen LogP contribution in [0, 0.1) is 11.3 Å².